The lowest BCUT2D eigenvalue weighted by molar-refractivity contribution is 0.0567. The Bertz CT molecular complexity index is 380. The Morgan fingerprint density at radius 3 is 1.90 bits per heavy atom. The average Bonchev–Trinajstić information content (AvgIpc) is 2.25. The zero-order chi connectivity index (χ0) is 15.8. The summed E-state index contributed by atoms with van der Waals surface area (Å²) in [6.07, 6.45) is 2.38. The number of hydrogen-bond acceptors (Lipinski definition) is 4. The van der Waals surface area contributed by atoms with Crippen LogP contribution in [0.2, 0.25) is 0 Å². The maximum Gasteiger partial charge on any atom is 0.422 e. The first-order valence-corrected chi connectivity index (χ1v) is 8.57. The standard InChI is InChI=1S/C13H28N2O4S/c1-6-8-10-15(11-9-7-2)20(17,18)14-12(16)19-13(3,4)5/h6-11H2,1-5H3,(H,14,16). The fraction of sp³-hybridized carbons (Fsp3) is 0.923. The zero-order valence-electron chi connectivity index (χ0n) is 13.2. The fourth-order valence-electron chi connectivity index (χ4n) is 1.49. The molecule has 1 N–H and O–H groups in total. The van der Waals surface area contributed by atoms with Crippen molar-refractivity contribution in [1.82, 2.24) is 9.03 Å². The molecule has 0 aliphatic rings. The summed E-state index contributed by atoms with van der Waals surface area (Å²) in [6, 6.07) is 0. The second-order valence-corrected chi connectivity index (χ2v) is 7.39. The molecule has 0 spiro atoms. The maximum atomic E-state index is 12.2. The topological polar surface area (TPSA) is 75.7 Å². The first kappa shape index (κ1) is 19.2. The van der Waals surface area contributed by atoms with E-state index in [0.717, 1.165) is 25.7 Å². The molecule has 0 saturated carbocycles. The van der Waals surface area contributed by atoms with Crippen LogP contribution in [0.15, 0.2) is 0 Å². The first-order valence-electron chi connectivity index (χ1n) is 7.13. The van der Waals surface area contributed by atoms with Gasteiger partial charge < -0.3 is 4.74 Å². The van der Waals surface area contributed by atoms with E-state index in [9.17, 15) is 13.2 Å². The van der Waals surface area contributed by atoms with Crippen molar-refractivity contribution in [3.63, 3.8) is 0 Å². The molecule has 7 heteroatoms. The second-order valence-electron chi connectivity index (χ2n) is 5.72. The third kappa shape index (κ3) is 8.37. The highest BCUT2D eigenvalue weighted by molar-refractivity contribution is 7.87. The van der Waals surface area contributed by atoms with Gasteiger partial charge in [-0.05, 0) is 33.6 Å². The molecule has 0 aliphatic carbocycles. The maximum absolute atomic E-state index is 12.2. The Morgan fingerprint density at radius 2 is 1.55 bits per heavy atom. The summed E-state index contributed by atoms with van der Waals surface area (Å²) in [4.78, 5) is 11.6. The summed E-state index contributed by atoms with van der Waals surface area (Å²) in [5.74, 6) is 0. The minimum atomic E-state index is -3.83. The van der Waals surface area contributed by atoms with Crippen LogP contribution in [-0.4, -0.2) is 37.5 Å². The van der Waals surface area contributed by atoms with Crippen molar-refractivity contribution in [3.8, 4) is 0 Å². The molecule has 0 aromatic heterocycles. The molecule has 0 aliphatic heterocycles. The van der Waals surface area contributed by atoms with Gasteiger partial charge in [0.25, 0.3) is 0 Å². The quantitative estimate of drug-likeness (QED) is 0.748. The average molecular weight is 308 g/mol. The molecule has 0 rings (SSSR count). The highest BCUT2D eigenvalue weighted by Crippen LogP contribution is 2.09. The summed E-state index contributed by atoms with van der Waals surface area (Å²) in [5, 5.41) is 0. The molecule has 1 amide bonds. The minimum Gasteiger partial charge on any atom is -0.443 e. The van der Waals surface area contributed by atoms with Crippen LogP contribution in [0.3, 0.4) is 0 Å². The van der Waals surface area contributed by atoms with Gasteiger partial charge in [0.1, 0.15) is 5.60 Å². The Balaban J connectivity index is 4.71. The molecular formula is C13H28N2O4S. The summed E-state index contributed by atoms with van der Waals surface area (Å²) in [7, 11) is -3.83. The zero-order valence-corrected chi connectivity index (χ0v) is 14.0. The summed E-state index contributed by atoms with van der Waals surface area (Å²) in [6.45, 7) is 9.86. The van der Waals surface area contributed by atoms with Crippen LogP contribution in [0.25, 0.3) is 0 Å². The third-order valence-electron chi connectivity index (χ3n) is 2.47. The van der Waals surface area contributed by atoms with Crippen LogP contribution >= 0.6 is 0 Å². The highest BCUT2D eigenvalue weighted by atomic mass is 32.2. The van der Waals surface area contributed by atoms with Crippen molar-refractivity contribution < 1.29 is 17.9 Å². The number of carbonyl (C=O) groups excluding carboxylic acids is 1. The molecule has 0 aromatic carbocycles. The van der Waals surface area contributed by atoms with E-state index in [2.05, 4.69) is 0 Å². The van der Waals surface area contributed by atoms with E-state index in [1.807, 2.05) is 18.6 Å². The summed E-state index contributed by atoms with van der Waals surface area (Å²) < 4.78 is 32.6. The molecule has 120 valence electrons. The van der Waals surface area contributed by atoms with Crippen molar-refractivity contribution in [2.45, 2.75) is 65.9 Å². The van der Waals surface area contributed by atoms with Gasteiger partial charge in [-0.3, -0.25) is 0 Å². The van der Waals surface area contributed by atoms with Crippen LogP contribution in [-0.2, 0) is 14.9 Å². The lowest BCUT2D eigenvalue weighted by Crippen LogP contribution is -2.46. The second kappa shape index (κ2) is 8.46. The molecule has 20 heavy (non-hydrogen) atoms. The third-order valence-corrected chi connectivity index (χ3v) is 3.94. The number of nitrogens with zero attached hydrogens (tertiary/aromatic N) is 1. The van der Waals surface area contributed by atoms with E-state index in [4.69, 9.17) is 4.74 Å². The Hall–Kier alpha value is -0.820. The normalized spacial score (nSPS) is 12.5. The van der Waals surface area contributed by atoms with Gasteiger partial charge in [-0.2, -0.15) is 12.7 Å². The van der Waals surface area contributed by atoms with Crippen LogP contribution in [0.5, 0.6) is 0 Å². The SMILES string of the molecule is CCCCN(CCCC)S(=O)(=O)NC(=O)OC(C)(C)C. The van der Waals surface area contributed by atoms with Crippen LogP contribution < -0.4 is 4.72 Å². The number of rotatable bonds is 8. The van der Waals surface area contributed by atoms with E-state index in [-0.39, 0.29) is 0 Å². The van der Waals surface area contributed by atoms with E-state index < -0.39 is 21.9 Å². The molecular weight excluding hydrogens is 280 g/mol. The number of hydrogen-bond donors (Lipinski definition) is 1. The number of ether oxygens (including phenoxy) is 1. The summed E-state index contributed by atoms with van der Waals surface area (Å²) >= 11 is 0. The summed E-state index contributed by atoms with van der Waals surface area (Å²) in [5.41, 5.74) is -0.725. The van der Waals surface area contributed by atoms with Gasteiger partial charge in [0, 0.05) is 13.1 Å². The molecule has 0 radical (unpaired) electrons. The Labute approximate surface area is 123 Å². The van der Waals surface area contributed by atoms with Gasteiger partial charge in [0.05, 0.1) is 0 Å². The first-order chi connectivity index (χ1) is 9.12. The fourth-order valence-corrected chi connectivity index (χ4v) is 2.61. The Kier molecular flexibility index (Phi) is 8.12. The van der Waals surface area contributed by atoms with Gasteiger partial charge in [-0.15, -0.1) is 0 Å². The minimum absolute atomic E-state index is 0.411. The molecule has 0 atom stereocenters. The monoisotopic (exact) mass is 308 g/mol. The molecule has 0 aromatic rings. The predicted octanol–water partition coefficient (Wildman–Crippen LogP) is 2.66. The van der Waals surface area contributed by atoms with Gasteiger partial charge >= 0.3 is 16.3 Å². The molecule has 0 saturated heterocycles. The van der Waals surface area contributed by atoms with Crippen molar-refractivity contribution in [3.05, 3.63) is 0 Å². The molecule has 0 fully saturated rings. The van der Waals surface area contributed by atoms with Crippen LogP contribution in [0.1, 0.15) is 60.3 Å². The largest absolute Gasteiger partial charge is 0.443 e. The van der Waals surface area contributed by atoms with Crippen molar-refractivity contribution >= 4 is 16.3 Å². The van der Waals surface area contributed by atoms with E-state index >= 15 is 0 Å². The number of amides is 1. The lowest BCUT2D eigenvalue weighted by atomic mass is 10.2. The van der Waals surface area contributed by atoms with E-state index in [1.54, 1.807) is 20.8 Å². The van der Waals surface area contributed by atoms with Gasteiger partial charge in [-0.1, -0.05) is 26.7 Å². The smallest absolute Gasteiger partial charge is 0.422 e. The van der Waals surface area contributed by atoms with Gasteiger partial charge in [0.2, 0.25) is 0 Å². The van der Waals surface area contributed by atoms with Gasteiger partial charge in [-0.25, -0.2) is 9.52 Å². The van der Waals surface area contributed by atoms with Gasteiger partial charge in [0.15, 0.2) is 0 Å². The van der Waals surface area contributed by atoms with Crippen LogP contribution in [0, 0.1) is 0 Å². The Morgan fingerprint density at radius 1 is 1.10 bits per heavy atom. The van der Waals surface area contributed by atoms with Crippen molar-refractivity contribution in [1.29, 1.82) is 0 Å². The molecule has 6 nitrogen and oxygen atoms in total. The predicted molar refractivity (Wildman–Crippen MR) is 79.7 cm³/mol. The number of nitrogens with one attached hydrogen (secondary N) is 1. The molecule has 0 bridgehead atoms. The molecule has 0 heterocycles. The van der Waals surface area contributed by atoms with Crippen LogP contribution in [0.4, 0.5) is 4.79 Å². The molecule has 0 unspecified atom stereocenters. The highest BCUT2D eigenvalue weighted by Gasteiger charge is 2.26. The van der Waals surface area contributed by atoms with E-state index in [0.29, 0.717) is 13.1 Å². The number of unbranched alkanes of at least 4 members (excludes halogenated alkanes) is 2. The lowest BCUT2D eigenvalue weighted by Gasteiger charge is -2.24. The van der Waals surface area contributed by atoms with Crippen molar-refractivity contribution in [2.24, 2.45) is 0 Å². The van der Waals surface area contributed by atoms with Crippen molar-refractivity contribution in [2.75, 3.05) is 13.1 Å². The number of carbonyl (C=O) groups is 1. The van der Waals surface area contributed by atoms with E-state index in [1.165, 1.54) is 4.31 Å².